The van der Waals surface area contributed by atoms with E-state index in [-0.39, 0.29) is 11.6 Å². The number of carbonyl (C=O) groups excluding carboxylic acids is 1. The van der Waals surface area contributed by atoms with Crippen LogP contribution in [0.4, 0.5) is 5.69 Å². The maximum Gasteiger partial charge on any atom is 0.354 e. The van der Waals surface area contributed by atoms with Crippen LogP contribution in [0.5, 0.6) is 0 Å². The number of hydrogen-bond donors (Lipinski definition) is 2. The lowest BCUT2D eigenvalue weighted by Crippen LogP contribution is -2.15. The third-order valence-corrected chi connectivity index (χ3v) is 2.49. The lowest BCUT2D eigenvalue weighted by atomic mass is 10.1. The molecule has 1 amide bonds. The summed E-state index contributed by atoms with van der Waals surface area (Å²) in [5, 5.41) is 11.4. The standard InChI is InChI=1S/C12H16N2O3/c1-3-8(2)6-11(15)14-9-4-5-13-10(7-9)12(16)17/h4-5,7-8H,3,6H2,1-2H3,(H,16,17)(H,13,14,15). The van der Waals surface area contributed by atoms with Crippen LogP contribution in [0.15, 0.2) is 18.3 Å². The molecular weight excluding hydrogens is 220 g/mol. The second-order valence-electron chi connectivity index (χ2n) is 4.00. The third-order valence-electron chi connectivity index (χ3n) is 2.49. The summed E-state index contributed by atoms with van der Waals surface area (Å²) >= 11 is 0. The van der Waals surface area contributed by atoms with Crippen LogP contribution in [0.2, 0.25) is 0 Å². The molecular formula is C12H16N2O3. The molecule has 0 fully saturated rings. The molecule has 0 aliphatic rings. The molecule has 0 aliphatic carbocycles. The number of aromatic nitrogens is 1. The summed E-state index contributed by atoms with van der Waals surface area (Å²) in [4.78, 5) is 25.9. The number of pyridine rings is 1. The largest absolute Gasteiger partial charge is 0.477 e. The van der Waals surface area contributed by atoms with Gasteiger partial charge in [0.2, 0.25) is 5.91 Å². The van der Waals surface area contributed by atoms with E-state index in [1.54, 1.807) is 6.07 Å². The summed E-state index contributed by atoms with van der Waals surface area (Å²) in [5.74, 6) is -0.902. The van der Waals surface area contributed by atoms with Crippen LogP contribution >= 0.6 is 0 Å². The highest BCUT2D eigenvalue weighted by Crippen LogP contribution is 2.11. The van der Waals surface area contributed by atoms with Crippen LogP contribution in [0.25, 0.3) is 0 Å². The summed E-state index contributed by atoms with van der Waals surface area (Å²) in [5.41, 5.74) is 0.386. The molecule has 0 radical (unpaired) electrons. The molecule has 0 bridgehead atoms. The zero-order valence-electron chi connectivity index (χ0n) is 9.93. The van der Waals surface area contributed by atoms with E-state index in [0.29, 0.717) is 18.0 Å². The molecule has 1 aromatic heterocycles. The van der Waals surface area contributed by atoms with Gasteiger partial charge in [-0.25, -0.2) is 9.78 Å². The first-order valence-electron chi connectivity index (χ1n) is 5.52. The Labute approximate surface area is 99.9 Å². The van der Waals surface area contributed by atoms with Crippen molar-refractivity contribution in [3.63, 3.8) is 0 Å². The van der Waals surface area contributed by atoms with Gasteiger partial charge in [0.15, 0.2) is 0 Å². The summed E-state index contributed by atoms with van der Waals surface area (Å²) in [6.07, 6.45) is 2.73. The van der Waals surface area contributed by atoms with E-state index in [2.05, 4.69) is 10.3 Å². The Morgan fingerprint density at radius 1 is 1.53 bits per heavy atom. The molecule has 1 heterocycles. The average molecular weight is 236 g/mol. The fraction of sp³-hybridized carbons (Fsp3) is 0.417. The van der Waals surface area contributed by atoms with Gasteiger partial charge in [-0.05, 0) is 18.1 Å². The number of carboxylic acid groups (broad SMARTS) is 1. The van der Waals surface area contributed by atoms with Crippen LogP contribution in [-0.4, -0.2) is 22.0 Å². The van der Waals surface area contributed by atoms with E-state index in [9.17, 15) is 9.59 Å². The molecule has 0 saturated heterocycles. The highest BCUT2D eigenvalue weighted by Gasteiger charge is 2.09. The van der Waals surface area contributed by atoms with Crippen molar-refractivity contribution in [2.24, 2.45) is 5.92 Å². The molecule has 2 N–H and O–H groups in total. The van der Waals surface area contributed by atoms with Crippen molar-refractivity contribution >= 4 is 17.6 Å². The molecule has 1 rings (SSSR count). The number of aromatic carboxylic acids is 1. The van der Waals surface area contributed by atoms with E-state index in [0.717, 1.165) is 6.42 Å². The Bertz CT molecular complexity index is 418. The number of carbonyl (C=O) groups is 2. The van der Waals surface area contributed by atoms with Crippen molar-refractivity contribution < 1.29 is 14.7 Å². The smallest absolute Gasteiger partial charge is 0.354 e. The second-order valence-corrected chi connectivity index (χ2v) is 4.00. The van der Waals surface area contributed by atoms with Crippen LogP contribution in [-0.2, 0) is 4.79 Å². The molecule has 92 valence electrons. The monoisotopic (exact) mass is 236 g/mol. The number of hydrogen-bond acceptors (Lipinski definition) is 3. The van der Waals surface area contributed by atoms with E-state index in [4.69, 9.17) is 5.11 Å². The van der Waals surface area contributed by atoms with Gasteiger partial charge < -0.3 is 10.4 Å². The first-order valence-corrected chi connectivity index (χ1v) is 5.52. The predicted octanol–water partition coefficient (Wildman–Crippen LogP) is 2.15. The van der Waals surface area contributed by atoms with Crippen LogP contribution < -0.4 is 5.32 Å². The highest BCUT2D eigenvalue weighted by molar-refractivity contribution is 5.92. The Balaban J connectivity index is 2.65. The third kappa shape index (κ3) is 4.22. The van der Waals surface area contributed by atoms with E-state index >= 15 is 0 Å². The van der Waals surface area contributed by atoms with Gasteiger partial charge in [-0.2, -0.15) is 0 Å². The normalized spacial score (nSPS) is 11.9. The number of carboxylic acids is 1. The van der Waals surface area contributed by atoms with Gasteiger partial charge in [0.1, 0.15) is 5.69 Å². The van der Waals surface area contributed by atoms with Crippen LogP contribution in [0.1, 0.15) is 37.2 Å². The fourth-order valence-electron chi connectivity index (χ4n) is 1.30. The van der Waals surface area contributed by atoms with E-state index < -0.39 is 5.97 Å². The number of nitrogens with zero attached hydrogens (tertiary/aromatic N) is 1. The van der Waals surface area contributed by atoms with Crippen molar-refractivity contribution in [2.75, 3.05) is 5.32 Å². The molecule has 1 unspecified atom stereocenters. The Kier molecular flexibility index (Phi) is 4.63. The number of nitrogens with one attached hydrogen (secondary N) is 1. The zero-order valence-corrected chi connectivity index (χ0v) is 9.93. The minimum atomic E-state index is -1.11. The Hall–Kier alpha value is -1.91. The van der Waals surface area contributed by atoms with Crippen molar-refractivity contribution in [1.29, 1.82) is 0 Å². The SMILES string of the molecule is CCC(C)CC(=O)Nc1ccnc(C(=O)O)c1. The molecule has 1 aromatic rings. The maximum atomic E-state index is 11.6. The van der Waals surface area contributed by atoms with Crippen molar-refractivity contribution in [3.8, 4) is 0 Å². The quantitative estimate of drug-likeness (QED) is 0.821. The minimum absolute atomic E-state index is 0.0775. The Morgan fingerprint density at radius 2 is 2.24 bits per heavy atom. The van der Waals surface area contributed by atoms with Gasteiger partial charge >= 0.3 is 5.97 Å². The molecule has 0 aliphatic heterocycles. The first-order chi connectivity index (χ1) is 8.02. The van der Waals surface area contributed by atoms with E-state index in [1.807, 2.05) is 13.8 Å². The number of amides is 1. The maximum absolute atomic E-state index is 11.6. The summed E-state index contributed by atoms with van der Waals surface area (Å²) in [7, 11) is 0. The lowest BCUT2D eigenvalue weighted by molar-refractivity contribution is -0.117. The number of anilines is 1. The van der Waals surface area contributed by atoms with Crippen molar-refractivity contribution in [1.82, 2.24) is 4.98 Å². The van der Waals surface area contributed by atoms with Gasteiger partial charge in [-0.1, -0.05) is 20.3 Å². The fourth-order valence-corrected chi connectivity index (χ4v) is 1.30. The average Bonchev–Trinajstić information content (AvgIpc) is 2.28. The predicted molar refractivity (Wildman–Crippen MR) is 63.9 cm³/mol. The second kappa shape index (κ2) is 5.98. The first kappa shape index (κ1) is 13.2. The molecule has 17 heavy (non-hydrogen) atoms. The molecule has 5 nitrogen and oxygen atoms in total. The highest BCUT2D eigenvalue weighted by atomic mass is 16.4. The van der Waals surface area contributed by atoms with Crippen LogP contribution in [0.3, 0.4) is 0 Å². The molecule has 0 aromatic carbocycles. The van der Waals surface area contributed by atoms with Gasteiger partial charge in [-0.15, -0.1) is 0 Å². The summed E-state index contributed by atoms with van der Waals surface area (Å²) in [6, 6.07) is 2.91. The van der Waals surface area contributed by atoms with Crippen molar-refractivity contribution in [2.45, 2.75) is 26.7 Å². The lowest BCUT2D eigenvalue weighted by Gasteiger charge is -2.09. The summed E-state index contributed by atoms with van der Waals surface area (Å²) < 4.78 is 0. The van der Waals surface area contributed by atoms with Gasteiger partial charge in [-0.3, -0.25) is 4.79 Å². The molecule has 0 saturated carbocycles. The molecule has 1 atom stereocenters. The van der Waals surface area contributed by atoms with Gasteiger partial charge in [0, 0.05) is 18.3 Å². The van der Waals surface area contributed by atoms with Gasteiger partial charge in [0.25, 0.3) is 0 Å². The minimum Gasteiger partial charge on any atom is -0.477 e. The van der Waals surface area contributed by atoms with Gasteiger partial charge in [0.05, 0.1) is 0 Å². The Morgan fingerprint density at radius 3 is 2.82 bits per heavy atom. The molecule has 0 spiro atoms. The van der Waals surface area contributed by atoms with E-state index in [1.165, 1.54) is 12.3 Å². The van der Waals surface area contributed by atoms with Crippen molar-refractivity contribution in [3.05, 3.63) is 24.0 Å². The summed E-state index contributed by atoms with van der Waals surface area (Å²) in [6.45, 7) is 4.02. The number of rotatable bonds is 5. The zero-order chi connectivity index (χ0) is 12.8. The topological polar surface area (TPSA) is 79.3 Å². The van der Waals surface area contributed by atoms with Crippen LogP contribution in [0, 0.1) is 5.92 Å². The molecule has 5 heteroatoms.